The van der Waals surface area contributed by atoms with Crippen LogP contribution in [0.2, 0.25) is 0 Å². The normalized spacial score (nSPS) is 9.89. The largest absolute Gasteiger partial charge is 0.455 e. The topological polar surface area (TPSA) is 61.9 Å². The number of furan rings is 1. The molecule has 3 aromatic rings. The molecule has 19 heavy (non-hydrogen) atoms. The summed E-state index contributed by atoms with van der Waals surface area (Å²) in [5.74, 6) is 5.78. The average Bonchev–Trinajstić information content (AvgIpc) is 2.83. The fraction of sp³-hybridized carbons (Fsp3) is 0.0667. The highest BCUT2D eigenvalue weighted by atomic mass is 16.3. The molecule has 0 aliphatic carbocycles. The van der Waals surface area contributed by atoms with Crippen molar-refractivity contribution in [2.24, 2.45) is 5.11 Å². The Balaban J connectivity index is 2.19. The van der Waals surface area contributed by atoms with Crippen LogP contribution in [0.4, 0.5) is 0 Å². The van der Waals surface area contributed by atoms with Gasteiger partial charge in [0.2, 0.25) is 0 Å². The maximum atomic E-state index is 8.20. The van der Waals surface area contributed by atoms with Gasteiger partial charge in [-0.25, -0.2) is 0 Å². The molecule has 3 rings (SSSR count). The molecule has 0 aliphatic rings. The van der Waals surface area contributed by atoms with E-state index < -0.39 is 0 Å². The summed E-state index contributed by atoms with van der Waals surface area (Å²) < 4.78 is 5.83. The molecular weight excluding hydrogens is 238 g/mol. The van der Waals surface area contributed by atoms with Gasteiger partial charge in [-0.15, -0.1) is 0 Å². The van der Waals surface area contributed by atoms with E-state index in [0.717, 1.165) is 27.5 Å². The highest BCUT2D eigenvalue weighted by Gasteiger charge is 2.08. The Labute approximate surface area is 109 Å². The van der Waals surface area contributed by atoms with Crippen molar-refractivity contribution < 1.29 is 4.42 Å². The van der Waals surface area contributed by atoms with Gasteiger partial charge in [-0.2, -0.15) is 0 Å². The van der Waals surface area contributed by atoms with Crippen molar-refractivity contribution in [2.45, 2.75) is 0 Å². The van der Waals surface area contributed by atoms with Gasteiger partial charge in [-0.3, -0.25) is 0 Å². The zero-order valence-corrected chi connectivity index (χ0v) is 10.00. The Morgan fingerprint density at radius 1 is 1.11 bits per heavy atom. The molecule has 0 spiro atoms. The van der Waals surface area contributed by atoms with Crippen LogP contribution in [0.25, 0.3) is 32.4 Å². The summed E-state index contributed by atoms with van der Waals surface area (Å²) in [4.78, 5) is 2.66. The summed E-state index contributed by atoms with van der Waals surface area (Å²) in [6.45, 7) is 0.160. The molecule has 0 aliphatic heterocycles. The number of hydrogen-bond donors (Lipinski definition) is 0. The van der Waals surface area contributed by atoms with Gasteiger partial charge >= 0.3 is 0 Å². The molecule has 2 aromatic carbocycles. The zero-order chi connectivity index (χ0) is 13.1. The number of azide groups is 1. The lowest BCUT2D eigenvalue weighted by molar-refractivity contribution is 0.668. The van der Waals surface area contributed by atoms with Crippen molar-refractivity contribution in [2.75, 3.05) is 6.54 Å². The van der Waals surface area contributed by atoms with Gasteiger partial charge in [0.25, 0.3) is 0 Å². The van der Waals surface area contributed by atoms with E-state index in [1.165, 1.54) is 0 Å². The molecule has 0 bridgehead atoms. The van der Waals surface area contributed by atoms with Crippen LogP contribution in [0.3, 0.4) is 0 Å². The number of fused-ring (bicyclic) bond motifs is 3. The first kappa shape index (κ1) is 11.2. The van der Waals surface area contributed by atoms with Crippen LogP contribution in [0.15, 0.2) is 52.0 Å². The minimum absolute atomic E-state index is 0.160. The Hall–Kier alpha value is -2.89. The van der Waals surface area contributed by atoms with Crippen LogP contribution < -0.4 is 0 Å². The van der Waals surface area contributed by atoms with E-state index in [4.69, 9.17) is 9.95 Å². The summed E-state index contributed by atoms with van der Waals surface area (Å²) in [7, 11) is 0. The van der Waals surface area contributed by atoms with Crippen LogP contribution in [-0.2, 0) is 0 Å². The average molecular weight is 247 g/mol. The molecular formula is C15H9N3O. The summed E-state index contributed by atoms with van der Waals surface area (Å²) in [6, 6.07) is 13.7. The maximum Gasteiger partial charge on any atom is 0.151 e. The number of rotatable bonds is 1. The highest BCUT2D eigenvalue weighted by Crippen LogP contribution is 2.30. The standard InChI is InChI=1S/C15H9N3O/c16-18-17-10-4-6-11-5-3-8-13-12-7-1-2-9-14(12)19-15(11)13/h1-3,5,7-9H,10H2. The van der Waals surface area contributed by atoms with E-state index in [0.29, 0.717) is 0 Å². The van der Waals surface area contributed by atoms with Crippen LogP contribution in [0.1, 0.15) is 5.56 Å². The molecule has 0 atom stereocenters. The molecule has 1 aromatic heterocycles. The Morgan fingerprint density at radius 3 is 2.84 bits per heavy atom. The van der Waals surface area contributed by atoms with Crippen molar-refractivity contribution in [1.82, 2.24) is 0 Å². The quantitative estimate of drug-likeness (QED) is 0.274. The molecule has 0 amide bonds. The molecule has 4 heteroatoms. The monoisotopic (exact) mass is 247 g/mol. The lowest BCUT2D eigenvalue weighted by Gasteiger charge is -1.91. The molecule has 0 N–H and O–H groups in total. The summed E-state index contributed by atoms with van der Waals surface area (Å²) in [5.41, 5.74) is 10.6. The van der Waals surface area contributed by atoms with Gasteiger partial charge in [-0.05, 0) is 17.7 Å². The molecule has 4 nitrogen and oxygen atoms in total. The third-order valence-electron chi connectivity index (χ3n) is 2.84. The SMILES string of the molecule is [N-]=[N+]=NCC#Cc1cccc2c1oc1ccccc12. The number of benzene rings is 2. The third kappa shape index (κ3) is 1.99. The van der Waals surface area contributed by atoms with Crippen molar-refractivity contribution >= 4 is 21.9 Å². The first-order chi connectivity index (χ1) is 9.40. The Kier molecular flexibility index (Phi) is 2.82. The smallest absolute Gasteiger partial charge is 0.151 e. The fourth-order valence-corrected chi connectivity index (χ4v) is 2.05. The molecule has 0 unspecified atom stereocenters. The van der Waals surface area contributed by atoms with Gasteiger partial charge in [0.05, 0.1) is 12.1 Å². The first-order valence-corrected chi connectivity index (χ1v) is 5.80. The summed E-state index contributed by atoms with van der Waals surface area (Å²) in [5, 5.41) is 5.51. The molecule has 90 valence electrons. The van der Waals surface area contributed by atoms with E-state index in [1.807, 2.05) is 42.5 Å². The number of nitrogens with zero attached hydrogens (tertiary/aromatic N) is 3. The summed E-state index contributed by atoms with van der Waals surface area (Å²) >= 11 is 0. The molecule has 0 saturated heterocycles. The molecule has 0 fully saturated rings. The summed E-state index contributed by atoms with van der Waals surface area (Å²) in [6.07, 6.45) is 0. The van der Waals surface area contributed by atoms with Crippen molar-refractivity contribution in [3.05, 3.63) is 58.5 Å². The molecule has 0 radical (unpaired) electrons. The van der Waals surface area contributed by atoms with E-state index in [-0.39, 0.29) is 6.54 Å². The zero-order valence-electron chi connectivity index (χ0n) is 10.00. The second-order valence-electron chi connectivity index (χ2n) is 3.97. The van der Waals surface area contributed by atoms with E-state index in [2.05, 4.69) is 21.9 Å². The molecule has 0 saturated carbocycles. The lowest BCUT2D eigenvalue weighted by atomic mass is 10.1. The highest BCUT2D eigenvalue weighted by molar-refractivity contribution is 6.06. The van der Waals surface area contributed by atoms with Crippen LogP contribution >= 0.6 is 0 Å². The Bertz CT molecular complexity index is 861. The lowest BCUT2D eigenvalue weighted by Crippen LogP contribution is -1.76. The van der Waals surface area contributed by atoms with E-state index >= 15 is 0 Å². The van der Waals surface area contributed by atoms with Crippen LogP contribution in [0.5, 0.6) is 0 Å². The van der Waals surface area contributed by atoms with Crippen molar-refractivity contribution in [1.29, 1.82) is 0 Å². The van der Waals surface area contributed by atoms with Gasteiger partial charge in [0, 0.05) is 15.7 Å². The fourth-order valence-electron chi connectivity index (χ4n) is 2.05. The second-order valence-corrected chi connectivity index (χ2v) is 3.97. The van der Waals surface area contributed by atoms with Crippen molar-refractivity contribution in [3.8, 4) is 11.8 Å². The molecule has 1 heterocycles. The number of hydrogen-bond acceptors (Lipinski definition) is 2. The minimum Gasteiger partial charge on any atom is -0.455 e. The second kappa shape index (κ2) is 4.77. The van der Waals surface area contributed by atoms with E-state index in [9.17, 15) is 0 Å². The van der Waals surface area contributed by atoms with Gasteiger partial charge in [0.1, 0.15) is 5.58 Å². The minimum atomic E-state index is 0.160. The van der Waals surface area contributed by atoms with Crippen molar-refractivity contribution in [3.63, 3.8) is 0 Å². The maximum absolute atomic E-state index is 8.20. The first-order valence-electron chi connectivity index (χ1n) is 5.80. The predicted molar refractivity (Wildman–Crippen MR) is 74.6 cm³/mol. The third-order valence-corrected chi connectivity index (χ3v) is 2.84. The van der Waals surface area contributed by atoms with Gasteiger partial charge < -0.3 is 4.42 Å². The van der Waals surface area contributed by atoms with Crippen LogP contribution in [-0.4, -0.2) is 6.54 Å². The Morgan fingerprint density at radius 2 is 1.95 bits per heavy atom. The van der Waals surface area contributed by atoms with Gasteiger partial charge in [-0.1, -0.05) is 47.3 Å². The predicted octanol–water partition coefficient (Wildman–Crippen LogP) is 4.25. The van der Waals surface area contributed by atoms with E-state index in [1.54, 1.807) is 0 Å². The van der Waals surface area contributed by atoms with Crippen LogP contribution in [0, 0.1) is 11.8 Å². The van der Waals surface area contributed by atoms with Gasteiger partial charge in [0.15, 0.2) is 5.58 Å². The number of para-hydroxylation sites is 2.